The second kappa shape index (κ2) is 11.3. The summed E-state index contributed by atoms with van der Waals surface area (Å²) in [6, 6.07) is 13.8. The molecule has 0 aliphatic carbocycles. The van der Waals surface area contributed by atoms with E-state index in [-0.39, 0.29) is 22.2 Å². The van der Waals surface area contributed by atoms with Crippen molar-refractivity contribution in [2.75, 3.05) is 38.8 Å². The predicted molar refractivity (Wildman–Crippen MR) is 140 cm³/mol. The van der Waals surface area contributed by atoms with Crippen molar-refractivity contribution in [2.45, 2.75) is 32.0 Å². The topological polar surface area (TPSA) is 79.4 Å². The predicted octanol–water partition coefficient (Wildman–Crippen LogP) is 3.62. The number of anilines is 1. The van der Waals surface area contributed by atoms with Crippen LogP contribution in [0.4, 0.5) is 5.69 Å². The Hall–Kier alpha value is -2.79. The third-order valence-electron chi connectivity index (χ3n) is 5.40. The molecule has 0 radical (unpaired) electrons. The highest BCUT2D eigenvalue weighted by molar-refractivity contribution is 7.91. The molecule has 10 heteroatoms. The summed E-state index contributed by atoms with van der Waals surface area (Å²) in [5.41, 5.74) is 2.50. The van der Waals surface area contributed by atoms with Crippen molar-refractivity contribution in [3.63, 3.8) is 0 Å². The van der Waals surface area contributed by atoms with Crippen LogP contribution < -0.4 is 4.90 Å². The van der Waals surface area contributed by atoms with Crippen molar-refractivity contribution in [2.24, 2.45) is 0 Å². The summed E-state index contributed by atoms with van der Waals surface area (Å²) in [6.07, 6.45) is 0.797. The molecule has 2 aromatic rings. The van der Waals surface area contributed by atoms with Crippen LogP contribution >= 0.6 is 12.2 Å². The van der Waals surface area contributed by atoms with Crippen molar-refractivity contribution < 1.29 is 22.7 Å². The van der Waals surface area contributed by atoms with E-state index in [1.165, 1.54) is 23.1 Å². The van der Waals surface area contributed by atoms with Crippen molar-refractivity contribution in [3.8, 4) is 0 Å². The van der Waals surface area contributed by atoms with Gasteiger partial charge in [-0.1, -0.05) is 29.8 Å². The van der Waals surface area contributed by atoms with Gasteiger partial charge in [-0.05, 0) is 68.9 Å². The van der Waals surface area contributed by atoms with E-state index in [4.69, 9.17) is 21.7 Å². The van der Waals surface area contributed by atoms with Crippen LogP contribution in [0.5, 0.6) is 0 Å². The van der Waals surface area contributed by atoms with Gasteiger partial charge in [0.15, 0.2) is 11.4 Å². The number of hydrogen-bond donors (Lipinski definition) is 0. The summed E-state index contributed by atoms with van der Waals surface area (Å²) >= 11 is 5.54. The average molecular weight is 518 g/mol. The van der Waals surface area contributed by atoms with Crippen LogP contribution in [-0.2, 0) is 24.3 Å². The van der Waals surface area contributed by atoms with Crippen LogP contribution in [0.1, 0.15) is 25.0 Å². The molecule has 188 valence electrons. The van der Waals surface area contributed by atoms with Crippen LogP contribution in [0, 0.1) is 6.92 Å². The first kappa shape index (κ1) is 26.8. The zero-order chi connectivity index (χ0) is 25.8. The normalized spacial score (nSPS) is 15.5. The van der Waals surface area contributed by atoms with Gasteiger partial charge in [-0.15, -0.1) is 0 Å². The molecule has 1 fully saturated rings. The Morgan fingerprint density at radius 2 is 1.57 bits per heavy atom. The van der Waals surface area contributed by atoms with E-state index in [9.17, 15) is 13.2 Å². The van der Waals surface area contributed by atoms with Gasteiger partial charge in [0.05, 0.1) is 11.4 Å². The van der Waals surface area contributed by atoms with Crippen molar-refractivity contribution in [3.05, 3.63) is 65.4 Å². The molecule has 1 aliphatic heterocycles. The maximum Gasteiger partial charge on any atom is 0.278 e. The smallest absolute Gasteiger partial charge is 0.278 e. The molecule has 0 aromatic heterocycles. The summed E-state index contributed by atoms with van der Waals surface area (Å²) < 4.78 is 39.5. The lowest BCUT2D eigenvalue weighted by atomic mass is 10.1. The second-order valence-electron chi connectivity index (χ2n) is 8.14. The molecule has 8 nitrogen and oxygen atoms in total. The van der Waals surface area contributed by atoms with E-state index in [1.54, 1.807) is 12.1 Å². The van der Waals surface area contributed by atoms with Crippen LogP contribution in [0.3, 0.4) is 0 Å². The van der Waals surface area contributed by atoms with Crippen LogP contribution in [0.15, 0.2) is 59.1 Å². The number of sulfonamides is 1. The Kier molecular flexibility index (Phi) is 8.65. The lowest BCUT2D eigenvalue weighted by molar-refractivity contribution is -0.149. The minimum absolute atomic E-state index is 0.0316. The number of aryl methyl sites for hydroxylation is 1. The van der Waals surface area contributed by atoms with Crippen molar-refractivity contribution in [1.82, 2.24) is 9.21 Å². The molecule has 0 saturated carbocycles. The van der Waals surface area contributed by atoms with Gasteiger partial charge in [-0.25, -0.2) is 12.7 Å². The number of carbonyl (C=O) groups excluding carboxylic acids is 1. The third-order valence-corrected chi connectivity index (χ3v) is 7.63. The number of hydrogen-bond acceptors (Lipinski definition) is 7. The van der Waals surface area contributed by atoms with Gasteiger partial charge in [0.2, 0.25) is 0 Å². The molecule has 1 saturated heterocycles. The van der Waals surface area contributed by atoms with Gasteiger partial charge in [0.25, 0.3) is 15.9 Å². The summed E-state index contributed by atoms with van der Waals surface area (Å²) in [7, 11) is -0.302. The van der Waals surface area contributed by atoms with Crippen LogP contribution in [-0.4, -0.2) is 68.8 Å². The first-order chi connectivity index (χ1) is 16.6. The summed E-state index contributed by atoms with van der Waals surface area (Å²) in [5.74, 6) is -0.535. The Bertz CT molecular complexity index is 1190. The number of ether oxygens (including phenoxy) is 2. The summed E-state index contributed by atoms with van der Waals surface area (Å²) in [6.45, 7) is 6.19. The van der Waals surface area contributed by atoms with Crippen molar-refractivity contribution >= 4 is 45.0 Å². The largest absolute Gasteiger partial charge is 0.378 e. The molecule has 0 N–H and O–H groups in total. The second-order valence-corrected chi connectivity index (χ2v) is 10.3. The number of rotatable bonds is 10. The number of amides is 1. The fourth-order valence-electron chi connectivity index (χ4n) is 3.55. The lowest BCUT2D eigenvalue weighted by Gasteiger charge is -2.24. The van der Waals surface area contributed by atoms with Gasteiger partial charge >= 0.3 is 0 Å². The summed E-state index contributed by atoms with van der Waals surface area (Å²) in [5, 5.41) is -0.142. The molecule has 1 aliphatic rings. The number of carbonyl (C=O) groups is 1. The number of benzene rings is 2. The molecule has 0 bridgehead atoms. The monoisotopic (exact) mass is 517 g/mol. The molecule has 1 heterocycles. The maximum absolute atomic E-state index is 13.7. The van der Waals surface area contributed by atoms with E-state index in [1.807, 2.05) is 64.0 Å². The molecule has 0 atom stereocenters. The highest BCUT2D eigenvalue weighted by Crippen LogP contribution is 2.31. The minimum Gasteiger partial charge on any atom is -0.378 e. The molecule has 2 aromatic carbocycles. The molecule has 0 spiro atoms. The molecular formula is C25H31N3O5S2. The summed E-state index contributed by atoms with van der Waals surface area (Å²) in [4.78, 5) is 16.7. The molecule has 1 amide bonds. The molecule has 35 heavy (non-hydrogen) atoms. The van der Waals surface area contributed by atoms with E-state index < -0.39 is 22.2 Å². The Balaban J connectivity index is 2.08. The first-order valence-electron chi connectivity index (χ1n) is 11.3. The maximum atomic E-state index is 13.7. The fourth-order valence-corrected chi connectivity index (χ4v) is 5.49. The van der Waals surface area contributed by atoms with Gasteiger partial charge in [0.1, 0.15) is 5.70 Å². The van der Waals surface area contributed by atoms with Crippen molar-refractivity contribution in [1.29, 1.82) is 0 Å². The Morgan fingerprint density at radius 1 is 1.00 bits per heavy atom. The fraction of sp³-hybridized carbons (Fsp3) is 0.360. The van der Waals surface area contributed by atoms with Gasteiger partial charge in [-0.3, -0.25) is 9.69 Å². The van der Waals surface area contributed by atoms with E-state index in [0.29, 0.717) is 18.8 Å². The zero-order valence-electron chi connectivity index (χ0n) is 20.6. The third kappa shape index (κ3) is 5.90. The van der Waals surface area contributed by atoms with Gasteiger partial charge < -0.3 is 14.4 Å². The first-order valence-corrected chi connectivity index (χ1v) is 13.1. The molecule has 0 unspecified atom stereocenters. The van der Waals surface area contributed by atoms with Gasteiger partial charge in [0, 0.05) is 33.0 Å². The average Bonchev–Trinajstić information content (AvgIpc) is 3.04. The Labute approximate surface area is 212 Å². The highest BCUT2D eigenvalue weighted by atomic mass is 32.2. The zero-order valence-corrected chi connectivity index (χ0v) is 22.2. The van der Waals surface area contributed by atoms with E-state index >= 15 is 0 Å². The SMILES string of the molecule is CCOC(CN1C(=O)/C(=C/c2ccc(N(C)C)cc2)N(S(=O)(=O)c2ccc(C)cc2)C1=S)OCC. The number of nitrogens with zero attached hydrogens (tertiary/aromatic N) is 3. The van der Waals surface area contributed by atoms with E-state index in [2.05, 4.69) is 0 Å². The quantitative estimate of drug-likeness (QED) is 0.271. The lowest BCUT2D eigenvalue weighted by Crippen LogP contribution is -2.41. The van der Waals surface area contributed by atoms with Gasteiger partial charge in [-0.2, -0.15) is 0 Å². The Morgan fingerprint density at radius 3 is 2.09 bits per heavy atom. The minimum atomic E-state index is -4.15. The van der Waals surface area contributed by atoms with Crippen LogP contribution in [0.2, 0.25) is 0 Å². The van der Waals surface area contributed by atoms with Crippen LogP contribution in [0.25, 0.3) is 6.08 Å². The molecule has 3 rings (SSSR count). The number of thiocarbonyl (C=S) groups is 1. The highest BCUT2D eigenvalue weighted by Gasteiger charge is 2.46. The molecular weight excluding hydrogens is 486 g/mol. The van der Waals surface area contributed by atoms with E-state index in [0.717, 1.165) is 15.6 Å². The standard InChI is InChI=1S/C25H31N3O5S2/c1-6-32-23(33-7-2)17-27-24(29)22(16-19-10-12-20(13-11-19)26(4)5)28(25(27)34)35(30,31)21-14-8-18(3)9-15-21/h8-16,23H,6-7,17H2,1-5H3/b22-16-.